The number of fused-ring (bicyclic) bond motifs is 1. The zero-order valence-electron chi connectivity index (χ0n) is 14.3. The van der Waals surface area contributed by atoms with Crippen molar-refractivity contribution in [2.75, 3.05) is 0 Å². The Morgan fingerprint density at radius 3 is 2.46 bits per heavy atom. The first-order valence-corrected chi connectivity index (χ1v) is 9.12. The standard InChI is InChI=1S/C20H13F3N2O2S/c21-20(22,23)15-7-3-1-5-12(15)10-25-11-13(14-6-2-4-8-16(14)25)9-17-18(26)24-19(27)28-17/h1-9,11H,10H2,(H,24,26,27). The van der Waals surface area contributed by atoms with Crippen molar-refractivity contribution in [1.29, 1.82) is 0 Å². The summed E-state index contributed by atoms with van der Waals surface area (Å²) < 4.78 is 41.7. The van der Waals surface area contributed by atoms with E-state index in [1.807, 2.05) is 12.1 Å². The van der Waals surface area contributed by atoms with E-state index in [0.717, 1.165) is 28.7 Å². The maximum absolute atomic E-state index is 13.3. The highest BCUT2D eigenvalue weighted by Gasteiger charge is 2.33. The number of amides is 2. The molecule has 3 aromatic rings. The van der Waals surface area contributed by atoms with Crippen LogP contribution in [0.3, 0.4) is 0 Å². The van der Waals surface area contributed by atoms with Gasteiger partial charge in [-0.05, 0) is 35.5 Å². The van der Waals surface area contributed by atoms with Crippen LogP contribution in [0.1, 0.15) is 16.7 Å². The molecular weight excluding hydrogens is 389 g/mol. The Bertz CT molecular complexity index is 1130. The van der Waals surface area contributed by atoms with Crippen molar-refractivity contribution < 1.29 is 22.8 Å². The molecule has 1 aromatic heterocycles. The van der Waals surface area contributed by atoms with Gasteiger partial charge >= 0.3 is 6.18 Å². The second-order valence-electron chi connectivity index (χ2n) is 6.24. The number of nitrogens with one attached hydrogen (secondary N) is 1. The molecule has 0 saturated carbocycles. The fourth-order valence-electron chi connectivity index (χ4n) is 3.20. The third-order valence-corrected chi connectivity index (χ3v) is 5.22. The lowest BCUT2D eigenvalue weighted by Gasteiger charge is -2.13. The van der Waals surface area contributed by atoms with E-state index < -0.39 is 22.9 Å². The second-order valence-corrected chi connectivity index (χ2v) is 7.25. The van der Waals surface area contributed by atoms with Gasteiger partial charge in [0.2, 0.25) is 0 Å². The smallest absolute Gasteiger partial charge is 0.342 e. The fourth-order valence-corrected chi connectivity index (χ4v) is 3.87. The Hall–Kier alpha value is -3.00. The fraction of sp³-hybridized carbons (Fsp3) is 0.100. The van der Waals surface area contributed by atoms with Gasteiger partial charge in [0.25, 0.3) is 11.1 Å². The first kappa shape index (κ1) is 18.4. The molecule has 4 rings (SSSR count). The SMILES string of the molecule is O=C1NC(=O)C(=Cc2cn(Cc3ccccc3C(F)(F)F)c3ccccc23)S1. The van der Waals surface area contributed by atoms with E-state index in [-0.39, 0.29) is 17.0 Å². The molecule has 2 amide bonds. The molecule has 1 aliphatic rings. The van der Waals surface area contributed by atoms with Crippen LogP contribution in [-0.2, 0) is 17.5 Å². The predicted octanol–water partition coefficient (Wildman–Crippen LogP) is 5.03. The molecule has 2 heterocycles. The van der Waals surface area contributed by atoms with Gasteiger partial charge in [0.05, 0.1) is 10.5 Å². The van der Waals surface area contributed by atoms with Crippen LogP contribution in [0.15, 0.2) is 59.6 Å². The number of hydrogen-bond acceptors (Lipinski definition) is 3. The summed E-state index contributed by atoms with van der Waals surface area (Å²) in [6.07, 6.45) is -1.16. The molecule has 142 valence electrons. The Morgan fingerprint density at radius 2 is 1.75 bits per heavy atom. The Labute approximate surface area is 162 Å². The van der Waals surface area contributed by atoms with Crippen molar-refractivity contribution >= 4 is 39.9 Å². The van der Waals surface area contributed by atoms with Crippen LogP contribution in [0.25, 0.3) is 17.0 Å². The van der Waals surface area contributed by atoms with Crippen molar-refractivity contribution in [3.63, 3.8) is 0 Å². The van der Waals surface area contributed by atoms with Crippen molar-refractivity contribution in [3.8, 4) is 0 Å². The van der Waals surface area contributed by atoms with E-state index >= 15 is 0 Å². The topological polar surface area (TPSA) is 51.1 Å². The maximum Gasteiger partial charge on any atom is 0.416 e. The molecule has 28 heavy (non-hydrogen) atoms. The summed E-state index contributed by atoms with van der Waals surface area (Å²) in [5, 5.41) is 2.53. The first-order chi connectivity index (χ1) is 13.3. The van der Waals surface area contributed by atoms with Gasteiger partial charge in [-0.15, -0.1) is 0 Å². The highest BCUT2D eigenvalue weighted by atomic mass is 32.2. The van der Waals surface area contributed by atoms with Crippen LogP contribution in [0.4, 0.5) is 18.0 Å². The average molecular weight is 402 g/mol. The average Bonchev–Trinajstić information content (AvgIpc) is 3.15. The summed E-state index contributed by atoms with van der Waals surface area (Å²) in [5.74, 6) is -0.478. The van der Waals surface area contributed by atoms with Crippen LogP contribution >= 0.6 is 11.8 Å². The van der Waals surface area contributed by atoms with E-state index in [2.05, 4.69) is 5.32 Å². The van der Waals surface area contributed by atoms with E-state index in [9.17, 15) is 22.8 Å². The minimum Gasteiger partial charge on any atom is -0.342 e. The number of halogens is 3. The van der Waals surface area contributed by atoms with Crippen molar-refractivity contribution in [3.05, 3.63) is 76.3 Å². The molecule has 2 aromatic carbocycles. The normalized spacial score (nSPS) is 16.2. The number of benzene rings is 2. The van der Waals surface area contributed by atoms with Gasteiger partial charge in [-0.2, -0.15) is 13.2 Å². The highest BCUT2D eigenvalue weighted by molar-refractivity contribution is 8.18. The molecule has 1 saturated heterocycles. The highest BCUT2D eigenvalue weighted by Crippen LogP contribution is 2.34. The van der Waals surface area contributed by atoms with E-state index in [4.69, 9.17) is 0 Å². The van der Waals surface area contributed by atoms with Gasteiger partial charge in [0.1, 0.15) is 0 Å². The number of alkyl halides is 3. The van der Waals surface area contributed by atoms with E-state index in [1.165, 1.54) is 12.1 Å². The largest absolute Gasteiger partial charge is 0.416 e. The van der Waals surface area contributed by atoms with Gasteiger partial charge < -0.3 is 4.57 Å². The predicted molar refractivity (Wildman–Crippen MR) is 102 cm³/mol. The van der Waals surface area contributed by atoms with E-state index in [1.54, 1.807) is 35.0 Å². The molecule has 4 nitrogen and oxygen atoms in total. The number of carbonyl (C=O) groups is 2. The lowest BCUT2D eigenvalue weighted by atomic mass is 10.1. The van der Waals surface area contributed by atoms with Crippen molar-refractivity contribution in [2.45, 2.75) is 12.7 Å². The Balaban J connectivity index is 1.79. The summed E-state index contributed by atoms with van der Waals surface area (Å²) in [4.78, 5) is 23.5. The van der Waals surface area contributed by atoms with Gasteiger partial charge in [0.15, 0.2) is 0 Å². The molecular formula is C20H13F3N2O2S. The third kappa shape index (κ3) is 3.43. The summed E-state index contributed by atoms with van der Waals surface area (Å²) >= 11 is 0.800. The van der Waals surface area contributed by atoms with Crippen molar-refractivity contribution in [1.82, 2.24) is 9.88 Å². The molecule has 0 atom stereocenters. The molecule has 0 spiro atoms. The number of carbonyl (C=O) groups excluding carboxylic acids is 2. The molecule has 8 heteroatoms. The Kier molecular flexibility index (Phi) is 4.50. The first-order valence-electron chi connectivity index (χ1n) is 8.31. The van der Waals surface area contributed by atoms with E-state index in [0.29, 0.717) is 5.56 Å². The molecule has 0 aliphatic carbocycles. The molecule has 1 fully saturated rings. The number of aromatic nitrogens is 1. The van der Waals surface area contributed by atoms with Crippen LogP contribution < -0.4 is 5.32 Å². The van der Waals surface area contributed by atoms with Crippen LogP contribution in [0, 0.1) is 0 Å². The molecule has 1 N–H and O–H groups in total. The third-order valence-electron chi connectivity index (χ3n) is 4.41. The Morgan fingerprint density at radius 1 is 1.04 bits per heavy atom. The van der Waals surface area contributed by atoms with Crippen LogP contribution in [0.5, 0.6) is 0 Å². The molecule has 1 aliphatic heterocycles. The van der Waals surface area contributed by atoms with Gasteiger partial charge in [-0.25, -0.2) is 0 Å². The lowest BCUT2D eigenvalue weighted by Crippen LogP contribution is -2.17. The summed E-state index contributed by atoms with van der Waals surface area (Å²) in [6, 6.07) is 12.7. The number of nitrogens with zero attached hydrogens (tertiary/aromatic N) is 1. The minimum atomic E-state index is -4.44. The summed E-state index contributed by atoms with van der Waals surface area (Å²) in [5.41, 5.74) is 0.871. The number of hydrogen-bond donors (Lipinski definition) is 1. The molecule has 0 radical (unpaired) electrons. The second kappa shape index (κ2) is 6.87. The summed E-state index contributed by atoms with van der Waals surface area (Å²) in [6.45, 7) is 0.0254. The molecule has 0 bridgehead atoms. The van der Waals surface area contributed by atoms with Gasteiger partial charge in [-0.3, -0.25) is 14.9 Å². The number of imide groups is 1. The quantitative estimate of drug-likeness (QED) is 0.625. The minimum absolute atomic E-state index is 0.0254. The van der Waals surface area contributed by atoms with Crippen molar-refractivity contribution in [2.24, 2.45) is 0 Å². The zero-order valence-corrected chi connectivity index (χ0v) is 15.1. The lowest BCUT2D eigenvalue weighted by molar-refractivity contribution is -0.138. The zero-order chi connectivity index (χ0) is 19.9. The number of thioether (sulfide) groups is 1. The summed E-state index contributed by atoms with van der Waals surface area (Å²) in [7, 11) is 0. The monoisotopic (exact) mass is 402 g/mol. The molecule has 0 unspecified atom stereocenters. The van der Waals surface area contributed by atoms with Crippen LogP contribution in [0.2, 0.25) is 0 Å². The number of para-hydroxylation sites is 1. The van der Waals surface area contributed by atoms with Gasteiger partial charge in [0, 0.05) is 29.2 Å². The number of rotatable bonds is 3. The maximum atomic E-state index is 13.3. The van der Waals surface area contributed by atoms with Crippen LogP contribution in [-0.4, -0.2) is 15.7 Å². The van der Waals surface area contributed by atoms with Gasteiger partial charge in [-0.1, -0.05) is 36.4 Å².